The average Bonchev–Trinajstić information content (AvgIpc) is 2.28. The van der Waals surface area contributed by atoms with E-state index >= 15 is 0 Å². The number of carbonyl (C=O) groups excluding carboxylic acids is 1. The minimum Gasteiger partial charge on any atom is -0.468 e. The first kappa shape index (κ1) is 13.7. The largest absolute Gasteiger partial charge is 0.468 e. The van der Waals surface area contributed by atoms with Crippen LogP contribution >= 0.6 is 11.8 Å². The third kappa shape index (κ3) is 4.20. The Bertz CT molecular complexity index is 447. The van der Waals surface area contributed by atoms with Gasteiger partial charge in [0.05, 0.1) is 7.11 Å². The Hall–Kier alpha value is -1.34. The fourth-order valence-electron chi connectivity index (χ4n) is 1.19. The van der Waals surface area contributed by atoms with Gasteiger partial charge in [-0.25, -0.2) is 4.98 Å². The molecule has 0 spiro atoms. The van der Waals surface area contributed by atoms with Crippen molar-refractivity contribution in [3.63, 3.8) is 0 Å². The van der Waals surface area contributed by atoms with Crippen molar-refractivity contribution >= 4 is 17.7 Å². The Balaban J connectivity index is 2.65. The summed E-state index contributed by atoms with van der Waals surface area (Å²) in [5, 5.41) is 3.34. The highest BCUT2D eigenvalue weighted by Gasteiger charge is 2.17. The summed E-state index contributed by atoms with van der Waals surface area (Å²) in [5.74, 6) is 0.102. The summed E-state index contributed by atoms with van der Waals surface area (Å²) in [5.41, 5.74) is 0.453. The molecule has 0 bridgehead atoms. The molecule has 1 atom stereocenters. The second kappa shape index (κ2) is 6.41. The van der Waals surface area contributed by atoms with E-state index in [-0.39, 0.29) is 11.5 Å². The third-order valence-electron chi connectivity index (χ3n) is 2.07. The Kier molecular flexibility index (Phi) is 5.17. The fraction of sp³-hybridized carbons (Fsp3) is 0.500. The number of H-pyrrole nitrogens is 1. The van der Waals surface area contributed by atoms with Gasteiger partial charge in [0.1, 0.15) is 6.04 Å². The van der Waals surface area contributed by atoms with E-state index in [2.05, 4.69) is 20.0 Å². The van der Waals surface area contributed by atoms with Crippen LogP contribution in [0.15, 0.2) is 16.0 Å². The molecule has 94 valence electrons. The van der Waals surface area contributed by atoms with Gasteiger partial charge in [-0.3, -0.25) is 9.59 Å². The van der Waals surface area contributed by atoms with Gasteiger partial charge in [-0.05, 0) is 14.0 Å². The number of hydrogen-bond donors (Lipinski definition) is 2. The van der Waals surface area contributed by atoms with Crippen molar-refractivity contribution in [1.29, 1.82) is 0 Å². The first-order valence-corrected chi connectivity index (χ1v) is 6.01. The Morgan fingerprint density at radius 1 is 1.71 bits per heavy atom. The molecule has 0 aromatic carbocycles. The van der Waals surface area contributed by atoms with E-state index in [1.807, 2.05) is 0 Å². The van der Waals surface area contributed by atoms with Crippen LogP contribution in [-0.2, 0) is 9.53 Å². The van der Waals surface area contributed by atoms with Crippen LogP contribution in [0.4, 0.5) is 0 Å². The first-order chi connectivity index (χ1) is 8.06. The number of nitrogens with zero attached hydrogens (tertiary/aromatic N) is 1. The zero-order valence-corrected chi connectivity index (χ0v) is 10.8. The molecular weight excluding hydrogens is 242 g/mol. The van der Waals surface area contributed by atoms with E-state index in [1.165, 1.54) is 24.9 Å². The molecule has 1 unspecified atom stereocenters. The second-order valence-electron chi connectivity index (χ2n) is 3.37. The lowest BCUT2D eigenvalue weighted by Crippen LogP contribution is -2.37. The molecule has 0 saturated carbocycles. The number of esters is 1. The van der Waals surface area contributed by atoms with E-state index in [0.717, 1.165) is 0 Å². The standard InChI is InChI=1S/C10H15N3O3S/c1-6-4-8(14)13-10(12-6)17-5-7(11-2)9(15)16-3/h4,7,11H,5H2,1-3H3,(H,12,13,14). The molecule has 1 aromatic rings. The summed E-state index contributed by atoms with van der Waals surface area (Å²) in [4.78, 5) is 29.3. The molecule has 2 N–H and O–H groups in total. The molecule has 6 nitrogen and oxygen atoms in total. The molecule has 0 amide bonds. The Labute approximate surface area is 103 Å². The number of rotatable bonds is 5. The predicted octanol–water partition coefficient (Wildman–Crippen LogP) is -0.0686. The summed E-state index contributed by atoms with van der Waals surface area (Å²) in [6.45, 7) is 1.75. The van der Waals surface area contributed by atoms with Gasteiger partial charge in [0.25, 0.3) is 5.56 Å². The van der Waals surface area contributed by atoms with Gasteiger partial charge in [-0.15, -0.1) is 0 Å². The highest BCUT2D eigenvalue weighted by molar-refractivity contribution is 7.99. The van der Waals surface area contributed by atoms with Crippen molar-refractivity contribution in [2.75, 3.05) is 19.9 Å². The lowest BCUT2D eigenvalue weighted by Gasteiger charge is -2.12. The van der Waals surface area contributed by atoms with Crippen LogP contribution in [0, 0.1) is 6.92 Å². The number of hydrogen-bond acceptors (Lipinski definition) is 6. The van der Waals surface area contributed by atoms with Crippen molar-refractivity contribution < 1.29 is 9.53 Å². The molecule has 0 aliphatic carbocycles. The summed E-state index contributed by atoms with van der Waals surface area (Å²) in [7, 11) is 3.01. The topological polar surface area (TPSA) is 84.1 Å². The molecule has 1 heterocycles. The Morgan fingerprint density at radius 3 is 2.94 bits per heavy atom. The van der Waals surface area contributed by atoms with Crippen LogP contribution in [0.5, 0.6) is 0 Å². The molecule has 1 rings (SSSR count). The van der Waals surface area contributed by atoms with Gasteiger partial charge in [0.15, 0.2) is 5.16 Å². The van der Waals surface area contributed by atoms with Crippen molar-refractivity contribution in [2.24, 2.45) is 0 Å². The first-order valence-electron chi connectivity index (χ1n) is 5.02. The highest BCUT2D eigenvalue weighted by atomic mass is 32.2. The third-order valence-corrected chi connectivity index (χ3v) is 3.04. The number of methoxy groups -OCH3 is 1. The van der Waals surface area contributed by atoms with Gasteiger partial charge >= 0.3 is 5.97 Å². The van der Waals surface area contributed by atoms with E-state index in [4.69, 9.17) is 0 Å². The molecule has 17 heavy (non-hydrogen) atoms. The normalized spacial score (nSPS) is 12.2. The van der Waals surface area contributed by atoms with Crippen LogP contribution in [0.25, 0.3) is 0 Å². The van der Waals surface area contributed by atoms with Crippen molar-refractivity contribution in [2.45, 2.75) is 18.1 Å². The molecule has 1 aromatic heterocycles. The number of thioether (sulfide) groups is 1. The number of likely N-dealkylation sites (N-methyl/N-ethyl adjacent to an activating group) is 1. The zero-order valence-electron chi connectivity index (χ0n) is 9.94. The second-order valence-corrected chi connectivity index (χ2v) is 4.38. The number of nitrogens with one attached hydrogen (secondary N) is 2. The minimum absolute atomic E-state index is 0.195. The van der Waals surface area contributed by atoms with E-state index < -0.39 is 6.04 Å². The molecule has 7 heteroatoms. The van der Waals surface area contributed by atoms with Crippen LogP contribution < -0.4 is 10.9 Å². The maximum absolute atomic E-state index is 11.3. The molecular formula is C10H15N3O3S. The fourth-order valence-corrected chi connectivity index (χ4v) is 2.20. The van der Waals surface area contributed by atoms with Gasteiger partial charge in [-0.1, -0.05) is 11.8 Å². The number of ether oxygens (including phenoxy) is 1. The van der Waals surface area contributed by atoms with E-state index in [0.29, 0.717) is 16.6 Å². The lowest BCUT2D eigenvalue weighted by molar-refractivity contribution is -0.142. The zero-order chi connectivity index (χ0) is 12.8. The molecule has 0 saturated heterocycles. The summed E-state index contributed by atoms with van der Waals surface area (Å²) < 4.78 is 4.63. The van der Waals surface area contributed by atoms with Gasteiger partial charge < -0.3 is 15.0 Å². The van der Waals surface area contributed by atoms with Crippen LogP contribution in [0.3, 0.4) is 0 Å². The quantitative estimate of drug-likeness (QED) is 0.436. The van der Waals surface area contributed by atoms with Gasteiger partial charge in [0.2, 0.25) is 0 Å². The highest BCUT2D eigenvalue weighted by Crippen LogP contribution is 2.12. The Morgan fingerprint density at radius 2 is 2.41 bits per heavy atom. The molecule has 0 fully saturated rings. The van der Waals surface area contributed by atoms with Crippen molar-refractivity contribution in [3.8, 4) is 0 Å². The van der Waals surface area contributed by atoms with Gasteiger partial charge in [-0.2, -0.15) is 0 Å². The number of aryl methyl sites for hydroxylation is 1. The predicted molar refractivity (Wildman–Crippen MR) is 65.2 cm³/mol. The maximum atomic E-state index is 11.3. The minimum atomic E-state index is -0.421. The number of carbonyl (C=O) groups is 1. The monoisotopic (exact) mass is 257 g/mol. The average molecular weight is 257 g/mol. The number of aromatic nitrogens is 2. The smallest absolute Gasteiger partial charge is 0.323 e. The van der Waals surface area contributed by atoms with Crippen LogP contribution in [0.1, 0.15) is 5.69 Å². The molecule has 0 aliphatic heterocycles. The SMILES string of the molecule is CNC(CSc1nc(C)cc(=O)[nH]1)C(=O)OC. The van der Waals surface area contributed by atoms with Crippen LogP contribution in [-0.4, -0.2) is 41.9 Å². The van der Waals surface area contributed by atoms with Gasteiger partial charge in [0, 0.05) is 17.5 Å². The van der Waals surface area contributed by atoms with E-state index in [9.17, 15) is 9.59 Å². The summed E-state index contributed by atoms with van der Waals surface area (Å²) >= 11 is 1.30. The maximum Gasteiger partial charge on any atom is 0.323 e. The summed E-state index contributed by atoms with van der Waals surface area (Å²) in [6, 6.07) is 0.996. The summed E-state index contributed by atoms with van der Waals surface area (Å²) in [6.07, 6.45) is 0. The lowest BCUT2D eigenvalue weighted by atomic mass is 10.3. The van der Waals surface area contributed by atoms with Crippen molar-refractivity contribution in [3.05, 3.63) is 22.1 Å². The van der Waals surface area contributed by atoms with Crippen molar-refractivity contribution in [1.82, 2.24) is 15.3 Å². The molecule has 0 radical (unpaired) electrons. The van der Waals surface area contributed by atoms with E-state index in [1.54, 1.807) is 14.0 Å². The number of aromatic amines is 1. The molecule has 0 aliphatic rings. The van der Waals surface area contributed by atoms with Crippen LogP contribution in [0.2, 0.25) is 0 Å².